The zero-order chi connectivity index (χ0) is 12.6. The normalized spacial score (nSPS) is 28.4. The van der Waals surface area contributed by atoms with Crippen molar-refractivity contribution in [1.82, 2.24) is 0 Å². The van der Waals surface area contributed by atoms with Gasteiger partial charge in [0.05, 0.1) is 7.11 Å². The second kappa shape index (κ2) is 4.69. The lowest BCUT2D eigenvalue weighted by atomic mass is 9.86. The molecule has 0 heterocycles. The summed E-state index contributed by atoms with van der Waals surface area (Å²) in [5.41, 5.74) is 10.0. The van der Waals surface area contributed by atoms with E-state index >= 15 is 0 Å². The average molecular weight is 233 g/mol. The molecule has 0 bridgehead atoms. The Labute approximate surface area is 104 Å². The minimum atomic E-state index is 0.339. The molecular formula is C15H23NO. The van der Waals surface area contributed by atoms with Crippen molar-refractivity contribution in [3.05, 3.63) is 28.8 Å². The second-order valence-corrected chi connectivity index (χ2v) is 5.34. The van der Waals surface area contributed by atoms with Gasteiger partial charge in [-0.3, -0.25) is 0 Å². The van der Waals surface area contributed by atoms with Crippen molar-refractivity contribution in [3.8, 4) is 5.75 Å². The molecule has 1 fully saturated rings. The molecule has 0 saturated heterocycles. The van der Waals surface area contributed by atoms with Crippen LogP contribution in [0, 0.1) is 19.8 Å². The minimum absolute atomic E-state index is 0.339. The SMILES string of the molecule is COc1c(C2CCC(N)C2C)ccc(C)c1C. The number of ether oxygens (including phenoxy) is 1. The average Bonchev–Trinajstić information content (AvgIpc) is 2.64. The fourth-order valence-electron chi connectivity index (χ4n) is 3.01. The molecule has 0 amide bonds. The highest BCUT2D eigenvalue weighted by Gasteiger charge is 2.33. The van der Waals surface area contributed by atoms with Gasteiger partial charge in [-0.1, -0.05) is 19.1 Å². The molecule has 2 nitrogen and oxygen atoms in total. The first-order chi connectivity index (χ1) is 8.06. The Morgan fingerprint density at radius 2 is 1.94 bits per heavy atom. The van der Waals surface area contributed by atoms with Crippen LogP contribution in [0.25, 0.3) is 0 Å². The maximum Gasteiger partial charge on any atom is 0.125 e. The van der Waals surface area contributed by atoms with Gasteiger partial charge in [0, 0.05) is 6.04 Å². The van der Waals surface area contributed by atoms with Crippen molar-refractivity contribution in [2.24, 2.45) is 11.7 Å². The summed E-state index contributed by atoms with van der Waals surface area (Å²) < 4.78 is 5.61. The fourth-order valence-corrected chi connectivity index (χ4v) is 3.01. The molecule has 17 heavy (non-hydrogen) atoms. The summed E-state index contributed by atoms with van der Waals surface area (Å²) in [6.07, 6.45) is 2.31. The molecule has 0 aliphatic heterocycles. The first kappa shape index (κ1) is 12.4. The number of methoxy groups -OCH3 is 1. The molecule has 1 saturated carbocycles. The third-order valence-electron chi connectivity index (χ3n) is 4.43. The zero-order valence-corrected chi connectivity index (χ0v) is 11.3. The first-order valence-electron chi connectivity index (χ1n) is 6.46. The van der Waals surface area contributed by atoms with Gasteiger partial charge >= 0.3 is 0 Å². The molecule has 0 radical (unpaired) electrons. The molecule has 3 unspecified atom stereocenters. The van der Waals surface area contributed by atoms with E-state index in [1.807, 2.05) is 0 Å². The lowest BCUT2D eigenvalue weighted by Crippen LogP contribution is -2.24. The molecule has 94 valence electrons. The van der Waals surface area contributed by atoms with Crippen LogP contribution in [0.4, 0.5) is 0 Å². The summed E-state index contributed by atoms with van der Waals surface area (Å²) in [6.45, 7) is 6.53. The maximum absolute atomic E-state index is 6.12. The van der Waals surface area contributed by atoms with Crippen molar-refractivity contribution in [2.45, 2.75) is 45.6 Å². The third kappa shape index (κ3) is 2.06. The smallest absolute Gasteiger partial charge is 0.125 e. The molecule has 1 aliphatic rings. The second-order valence-electron chi connectivity index (χ2n) is 5.34. The van der Waals surface area contributed by atoms with Gasteiger partial charge in [0.15, 0.2) is 0 Å². The molecule has 0 aromatic heterocycles. The van der Waals surface area contributed by atoms with Crippen LogP contribution in [0.3, 0.4) is 0 Å². The van der Waals surface area contributed by atoms with E-state index in [-0.39, 0.29) is 0 Å². The van der Waals surface area contributed by atoms with Crippen molar-refractivity contribution < 1.29 is 4.74 Å². The number of hydrogen-bond acceptors (Lipinski definition) is 2. The summed E-state index contributed by atoms with van der Waals surface area (Å²) in [6, 6.07) is 4.76. The largest absolute Gasteiger partial charge is 0.496 e. The van der Waals surface area contributed by atoms with Crippen LogP contribution in [0.2, 0.25) is 0 Å². The van der Waals surface area contributed by atoms with Gasteiger partial charge in [-0.15, -0.1) is 0 Å². The summed E-state index contributed by atoms with van der Waals surface area (Å²) >= 11 is 0. The Bertz CT molecular complexity index is 414. The van der Waals surface area contributed by atoms with Crippen LogP contribution in [0.15, 0.2) is 12.1 Å². The number of rotatable bonds is 2. The molecule has 0 spiro atoms. The number of benzene rings is 1. The predicted molar refractivity (Wildman–Crippen MR) is 71.6 cm³/mol. The van der Waals surface area contributed by atoms with Crippen LogP contribution in [0.1, 0.15) is 42.4 Å². The molecule has 3 atom stereocenters. The molecule has 2 rings (SSSR count). The fraction of sp³-hybridized carbons (Fsp3) is 0.600. The summed E-state index contributed by atoms with van der Waals surface area (Å²) in [5, 5.41) is 0. The molecule has 1 aromatic rings. The Hall–Kier alpha value is -1.02. The summed E-state index contributed by atoms with van der Waals surface area (Å²) in [4.78, 5) is 0. The van der Waals surface area contributed by atoms with E-state index in [1.54, 1.807) is 7.11 Å². The van der Waals surface area contributed by atoms with Gasteiger partial charge in [-0.05, 0) is 55.2 Å². The molecule has 2 N–H and O–H groups in total. The zero-order valence-electron chi connectivity index (χ0n) is 11.3. The predicted octanol–water partition coefficient (Wildman–Crippen LogP) is 3.15. The van der Waals surface area contributed by atoms with Gasteiger partial charge < -0.3 is 10.5 Å². The van der Waals surface area contributed by atoms with E-state index in [1.165, 1.54) is 23.1 Å². The molecule has 2 heteroatoms. The van der Waals surface area contributed by atoms with Gasteiger partial charge in [-0.2, -0.15) is 0 Å². The van der Waals surface area contributed by atoms with Gasteiger partial charge in [0.1, 0.15) is 5.75 Å². The highest BCUT2D eigenvalue weighted by atomic mass is 16.5. The standard InChI is InChI=1S/C15H23NO/c1-9-5-6-13(15(17-4)10(9)2)12-7-8-14(16)11(12)3/h5-6,11-12,14H,7-8,16H2,1-4H3. The highest BCUT2D eigenvalue weighted by Crippen LogP contribution is 2.43. The summed E-state index contributed by atoms with van der Waals surface area (Å²) in [7, 11) is 1.77. The number of hydrogen-bond donors (Lipinski definition) is 1. The van der Waals surface area contributed by atoms with E-state index in [0.717, 1.165) is 12.2 Å². The molecule has 1 aliphatic carbocycles. The molecule has 1 aromatic carbocycles. The summed E-state index contributed by atoms with van der Waals surface area (Å²) in [5.74, 6) is 2.17. The van der Waals surface area contributed by atoms with E-state index in [4.69, 9.17) is 10.5 Å². The van der Waals surface area contributed by atoms with Gasteiger partial charge in [0.25, 0.3) is 0 Å². The van der Waals surface area contributed by atoms with Gasteiger partial charge in [-0.25, -0.2) is 0 Å². The van der Waals surface area contributed by atoms with E-state index < -0.39 is 0 Å². The topological polar surface area (TPSA) is 35.2 Å². The van der Waals surface area contributed by atoms with Crippen molar-refractivity contribution >= 4 is 0 Å². The lowest BCUT2D eigenvalue weighted by molar-refractivity contribution is 0.392. The van der Waals surface area contributed by atoms with E-state index in [9.17, 15) is 0 Å². The Morgan fingerprint density at radius 1 is 1.24 bits per heavy atom. The van der Waals surface area contributed by atoms with Gasteiger partial charge in [0.2, 0.25) is 0 Å². The molecular weight excluding hydrogens is 210 g/mol. The van der Waals surface area contributed by atoms with E-state index in [0.29, 0.717) is 17.9 Å². The van der Waals surface area contributed by atoms with Crippen LogP contribution >= 0.6 is 0 Å². The first-order valence-corrected chi connectivity index (χ1v) is 6.46. The Kier molecular flexibility index (Phi) is 3.43. The monoisotopic (exact) mass is 233 g/mol. The van der Waals surface area contributed by atoms with Crippen molar-refractivity contribution in [3.63, 3.8) is 0 Å². The Balaban J connectivity index is 2.42. The van der Waals surface area contributed by atoms with Crippen LogP contribution in [-0.4, -0.2) is 13.2 Å². The van der Waals surface area contributed by atoms with Crippen molar-refractivity contribution in [1.29, 1.82) is 0 Å². The van der Waals surface area contributed by atoms with Crippen molar-refractivity contribution in [2.75, 3.05) is 7.11 Å². The lowest BCUT2D eigenvalue weighted by Gasteiger charge is -2.22. The number of nitrogens with two attached hydrogens (primary N) is 1. The number of aryl methyl sites for hydroxylation is 1. The quantitative estimate of drug-likeness (QED) is 0.851. The van der Waals surface area contributed by atoms with Crippen LogP contribution in [0.5, 0.6) is 5.75 Å². The van der Waals surface area contributed by atoms with Crippen LogP contribution in [-0.2, 0) is 0 Å². The highest BCUT2D eigenvalue weighted by molar-refractivity contribution is 5.47. The maximum atomic E-state index is 6.12. The minimum Gasteiger partial charge on any atom is -0.496 e. The third-order valence-corrected chi connectivity index (χ3v) is 4.43. The Morgan fingerprint density at radius 3 is 2.47 bits per heavy atom. The van der Waals surface area contributed by atoms with Crippen LogP contribution < -0.4 is 10.5 Å². The van der Waals surface area contributed by atoms with E-state index in [2.05, 4.69) is 32.9 Å².